The van der Waals surface area contributed by atoms with E-state index in [0.29, 0.717) is 45.7 Å². The molecule has 0 bridgehead atoms. The first-order valence-corrected chi connectivity index (χ1v) is 10.7. The average Bonchev–Trinajstić information content (AvgIpc) is 3.22. The number of rotatable bonds is 9. The van der Waals surface area contributed by atoms with Gasteiger partial charge in [0, 0.05) is 19.2 Å². The zero-order valence-corrected chi connectivity index (χ0v) is 19.5. The number of likely N-dealkylation sites (N-methyl/N-ethyl adjacent to an activating group) is 1. The van der Waals surface area contributed by atoms with Crippen molar-refractivity contribution in [3.63, 3.8) is 0 Å². The van der Waals surface area contributed by atoms with Crippen LogP contribution in [-0.2, 0) is 4.79 Å². The van der Waals surface area contributed by atoms with Crippen molar-refractivity contribution in [2.24, 2.45) is 0 Å². The fraction of sp³-hybridized carbons (Fsp3) is 0.304. The molecule has 3 aromatic rings. The zero-order valence-electron chi connectivity index (χ0n) is 18.7. The molecule has 7 nitrogen and oxygen atoms in total. The molecule has 2 aromatic carbocycles. The number of anilines is 1. The van der Waals surface area contributed by atoms with Crippen LogP contribution in [0.4, 0.5) is 9.52 Å². The van der Waals surface area contributed by atoms with Crippen molar-refractivity contribution in [1.29, 1.82) is 0 Å². The van der Waals surface area contributed by atoms with E-state index in [2.05, 4.69) is 4.98 Å². The van der Waals surface area contributed by atoms with Crippen LogP contribution in [0.2, 0.25) is 0 Å². The Bertz CT molecular complexity index is 1100. The summed E-state index contributed by atoms with van der Waals surface area (Å²) in [6.45, 7) is 1.04. The minimum absolute atomic E-state index is 0.264. The number of nitrogens with zero attached hydrogens (tertiary/aromatic N) is 3. The summed E-state index contributed by atoms with van der Waals surface area (Å²) in [5.74, 6) is 0.788. The van der Waals surface area contributed by atoms with Crippen molar-refractivity contribution in [2.45, 2.75) is 0 Å². The maximum absolute atomic E-state index is 14.1. The lowest BCUT2D eigenvalue weighted by Crippen LogP contribution is -2.35. The Balaban J connectivity index is 1.93. The van der Waals surface area contributed by atoms with E-state index in [4.69, 9.17) is 14.2 Å². The van der Waals surface area contributed by atoms with Crippen LogP contribution in [0.1, 0.15) is 5.56 Å². The fourth-order valence-corrected chi connectivity index (χ4v) is 4.09. The van der Waals surface area contributed by atoms with Crippen LogP contribution < -0.4 is 19.1 Å². The topological polar surface area (TPSA) is 64.1 Å². The summed E-state index contributed by atoms with van der Waals surface area (Å²) in [5, 5.41) is 0.450. The third-order valence-corrected chi connectivity index (χ3v) is 5.78. The highest BCUT2D eigenvalue weighted by Gasteiger charge is 2.19. The van der Waals surface area contributed by atoms with E-state index in [1.807, 2.05) is 19.0 Å². The van der Waals surface area contributed by atoms with Gasteiger partial charge in [-0.25, -0.2) is 9.37 Å². The van der Waals surface area contributed by atoms with Crippen molar-refractivity contribution in [3.05, 3.63) is 47.8 Å². The molecule has 3 rings (SSSR count). The molecular formula is C23H26FN3O4S. The van der Waals surface area contributed by atoms with Gasteiger partial charge >= 0.3 is 0 Å². The Morgan fingerprint density at radius 1 is 1.09 bits per heavy atom. The van der Waals surface area contributed by atoms with E-state index < -0.39 is 5.82 Å². The number of thiazole rings is 1. The number of para-hydroxylation sites is 1. The maximum atomic E-state index is 14.1. The van der Waals surface area contributed by atoms with Crippen LogP contribution in [0.15, 0.2) is 36.4 Å². The monoisotopic (exact) mass is 459 g/mol. The van der Waals surface area contributed by atoms with E-state index in [-0.39, 0.29) is 11.4 Å². The molecule has 0 spiro atoms. The van der Waals surface area contributed by atoms with Crippen LogP contribution in [-0.4, -0.2) is 64.3 Å². The maximum Gasteiger partial charge on any atom is 0.252 e. The number of fused-ring (bicyclic) bond motifs is 1. The average molecular weight is 460 g/mol. The number of ether oxygens (including phenoxy) is 3. The van der Waals surface area contributed by atoms with Gasteiger partial charge in [0.15, 0.2) is 16.6 Å². The molecule has 0 saturated carbocycles. The minimum atomic E-state index is -0.405. The molecule has 0 saturated heterocycles. The largest absolute Gasteiger partial charge is 0.493 e. The summed E-state index contributed by atoms with van der Waals surface area (Å²) in [4.78, 5) is 21.0. The second-order valence-corrected chi connectivity index (χ2v) is 8.18. The van der Waals surface area contributed by atoms with Crippen molar-refractivity contribution in [3.8, 4) is 17.2 Å². The summed E-state index contributed by atoms with van der Waals surface area (Å²) in [6, 6.07) is 8.29. The lowest BCUT2D eigenvalue weighted by molar-refractivity contribution is -0.114. The molecule has 0 unspecified atom stereocenters. The predicted octanol–water partition coefficient (Wildman–Crippen LogP) is 4.07. The summed E-state index contributed by atoms with van der Waals surface area (Å²) in [7, 11) is 8.44. The molecule has 1 amide bonds. The molecule has 0 aliphatic rings. The number of carbonyl (C=O) groups excluding carboxylic acids is 1. The third kappa shape index (κ3) is 5.17. The standard InChI is InChI=1S/C23H26FN3O4S/c1-26(2)11-12-27(23-25-21-16(24)7-6-8-19(21)32-23)20(28)10-9-15-13-17(29-3)22(31-5)18(14-15)30-4/h6-10,13-14H,11-12H2,1-5H3. The SMILES string of the molecule is COc1cc(C=CC(=O)N(CCN(C)C)c2nc3c(F)cccc3s2)cc(OC)c1OC. The van der Waals surface area contributed by atoms with Gasteiger partial charge in [-0.15, -0.1) is 0 Å². The van der Waals surface area contributed by atoms with Gasteiger partial charge in [0.1, 0.15) is 11.3 Å². The first-order chi connectivity index (χ1) is 15.4. The van der Waals surface area contributed by atoms with Gasteiger partial charge < -0.3 is 19.1 Å². The second kappa shape index (κ2) is 10.4. The number of hydrogen-bond donors (Lipinski definition) is 0. The molecule has 0 atom stereocenters. The number of methoxy groups -OCH3 is 3. The molecule has 170 valence electrons. The first-order valence-electron chi connectivity index (χ1n) is 9.87. The Labute approximate surface area is 190 Å². The Hall–Kier alpha value is -3.17. The molecule has 32 heavy (non-hydrogen) atoms. The molecule has 0 fully saturated rings. The van der Waals surface area contributed by atoms with Gasteiger partial charge in [-0.1, -0.05) is 17.4 Å². The lowest BCUT2D eigenvalue weighted by atomic mass is 10.1. The summed E-state index contributed by atoms with van der Waals surface area (Å²) < 4.78 is 30.9. The van der Waals surface area contributed by atoms with Gasteiger partial charge in [-0.3, -0.25) is 9.69 Å². The van der Waals surface area contributed by atoms with Crippen LogP contribution >= 0.6 is 11.3 Å². The van der Waals surface area contributed by atoms with E-state index in [9.17, 15) is 9.18 Å². The highest BCUT2D eigenvalue weighted by molar-refractivity contribution is 7.22. The van der Waals surface area contributed by atoms with Gasteiger partial charge in [0.2, 0.25) is 5.75 Å². The lowest BCUT2D eigenvalue weighted by Gasteiger charge is -2.20. The molecule has 9 heteroatoms. The van der Waals surface area contributed by atoms with Gasteiger partial charge in [-0.2, -0.15) is 0 Å². The van der Waals surface area contributed by atoms with Crippen molar-refractivity contribution in [1.82, 2.24) is 9.88 Å². The Morgan fingerprint density at radius 3 is 2.34 bits per heavy atom. The van der Waals surface area contributed by atoms with E-state index in [1.165, 1.54) is 44.8 Å². The van der Waals surface area contributed by atoms with Gasteiger partial charge in [0.05, 0.1) is 26.0 Å². The first kappa shape index (κ1) is 23.5. The van der Waals surface area contributed by atoms with E-state index >= 15 is 0 Å². The molecule has 0 aliphatic heterocycles. The van der Waals surface area contributed by atoms with E-state index in [0.717, 1.165) is 0 Å². The van der Waals surface area contributed by atoms with Gasteiger partial charge in [0.25, 0.3) is 5.91 Å². The quantitative estimate of drug-likeness (QED) is 0.450. The van der Waals surface area contributed by atoms with Crippen LogP contribution in [0, 0.1) is 5.82 Å². The summed E-state index contributed by atoms with van der Waals surface area (Å²) in [6.07, 6.45) is 3.13. The van der Waals surface area contributed by atoms with Gasteiger partial charge in [-0.05, 0) is 50.0 Å². The minimum Gasteiger partial charge on any atom is -0.493 e. The molecular weight excluding hydrogens is 433 g/mol. The van der Waals surface area contributed by atoms with Crippen molar-refractivity contribution in [2.75, 3.05) is 53.4 Å². The number of benzene rings is 2. The molecule has 0 N–H and O–H groups in total. The molecule has 1 aromatic heterocycles. The molecule has 1 heterocycles. The summed E-state index contributed by atoms with van der Waals surface area (Å²) >= 11 is 1.28. The predicted molar refractivity (Wildman–Crippen MR) is 126 cm³/mol. The van der Waals surface area contributed by atoms with Crippen LogP contribution in [0.25, 0.3) is 16.3 Å². The highest BCUT2D eigenvalue weighted by Crippen LogP contribution is 2.38. The van der Waals surface area contributed by atoms with Crippen molar-refractivity contribution >= 4 is 38.7 Å². The van der Waals surface area contributed by atoms with Crippen LogP contribution in [0.3, 0.4) is 0 Å². The third-order valence-electron chi connectivity index (χ3n) is 4.73. The van der Waals surface area contributed by atoms with Crippen LogP contribution in [0.5, 0.6) is 17.2 Å². The molecule has 0 radical (unpaired) electrons. The van der Waals surface area contributed by atoms with E-state index in [1.54, 1.807) is 35.2 Å². The Morgan fingerprint density at radius 2 is 1.78 bits per heavy atom. The number of hydrogen-bond acceptors (Lipinski definition) is 7. The normalized spacial score (nSPS) is 11.3. The number of halogens is 1. The zero-order chi connectivity index (χ0) is 23.3. The van der Waals surface area contributed by atoms with Crippen molar-refractivity contribution < 1.29 is 23.4 Å². The second-order valence-electron chi connectivity index (χ2n) is 7.17. The molecule has 0 aliphatic carbocycles. The summed E-state index contributed by atoms with van der Waals surface area (Å²) in [5.41, 5.74) is 0.972. The smallest absolute Gasteiger partial charge is 0.252 e. The number of amides is 1. The number of carbonyl (C=O) groups is 1. The fourth-order valence-electron chi connectivity index (χ4n) is 3.07. The highest BCUT2D eigenvalue weighted by atomic mass is 32.1. The Kier molecular flexibility index (Phi) is 7.66. The number of aromatic nitrogens is 1.